The molecule has 0 atom stereocenters. The van der Waals surface area contributed by atoms with Crippen LogP contribution in [0.2, 0.25) is 0 Å². The van der Waals surface area contributed by atoms with Crippen LogP contribution >= 0.6 is 11.8 Å². The number of ether oxygens (including phenoxy) is 1. The Hall–Kier alpha value is -1.55. The fourth-order valence-corrected chi connectivity index (χ4v) is 1.92. The summed E-state index contributed by atoms with van der Waals surface area (Å²) < 4.78 is 5.10. The van der Waals surface area contributed by atoms with Crippen molar-refractivity contribution in [1.29, 1.82) is 0 Å². The van der Waals surface area contributed by atoms with Gasteiger partial charge in [-0.3, -0.25) is 0 Å². The molecule has 17 heavy (non-hydrogen) atoms. The van der Waals surface area contributed by atoms with Crippen LogP contribution in [0, 0.1) is 0 Å². The minimum absolute atomic E-state index is 0.350. The molecule has 0 aliphatic carbocycles. The number of hydrogen-bond acceptors (Lipinski definition) is 4. The maximum absolute atomic E-state index is 11.5. The number of thioether (sulfide) groups is 1. The van der Waals surface area contributed by atoms with E-state index in [9.17, 15) is 4.79 Å². The Balaban J connectivity index is 2.06. The zero-order valence-electron chi connectivity index (χ0n) is 9.55. The third-order valence-corrected chi connectivity index (χ3v) is 2.95. The summed E-state index contributed by atoms with van der Waals surface area (Å²) in [5.74, 6) is 1.04. The van der Waals surface area contributed by atoms with Crippen molar-refractivity contribution in [2.45, 2.75) is 13.3 Å². The number of hydrogen-bond donors (Lipinski definition) is 0. The third kappa shape index (κ3) is 3.20. The SMILES string of the molecule is CCSC=C1N=C(Cc2ccccc2)OC1=O. The molecule has 1 heterocycles. The molecule has 2 rings (SSSR count). The summed E-state index contributed by atoms with van der Waals surface area (Å²) >= 11 is 1.55. The molecule has 0 spiro atoms. The highest BCUT2D eigenvalue weighted by atomic mass is 32.2. The molecular weight excluding hydrogens is 234 g/mol. The van der Waals surface area contributed by atoms with Crippen molar-refractivity contribution in [3.8, 4) is 0 Å². The summed E-state index contributed by atoms with van der Waals surface area (Å²) in [6, 6.07) is 9.83. The first kappa shape index (κ1) is 11.9. The van der Waals surface area contributed by atoms with Gasteiger partial charge in [0.05, 0.1) is 0 Å². The third-order valence-electron chi connectivity index (χ3n) is 2.22. The molecule has 0 bridgehead atoms. The Morgan fingerprint density at radius 2 is 2.12 bits per heavy atom. The van der Waals surface area contributed by atoms with Crippen molar-refractivity contribution < 1.29 is 9.53 Å². The van der Waals surface area contributed by atoms with E-state index in [4.69, 9.17) is 4.74 Å². The van der Waals surface area contributed by atoms with Crippen LogP contribution in [-0.2, 0) is 16.0 Å². The van der Waals surface area contributed by atoms with Crippen LogP contribution < -0.4 is 0 Å². The molecule has 4 heteroatoms. The van der Waals surface area contributed by atoms with Crippen LogP contribution in [0.25, 0.3) is 0 Å². The van der Waals surface area contributed by atoms with E-state index in [-0.39, 0.29) is 5.97 Å². The normalized spacial score (nSPS) is 17.1. The first-order valence-electron chi connectivity index (χ1n) is 5.45. The van der Waals surface area contributed by atoms with E-state index in [0.717, 1.165) is 11.3 Å². The molecule has 0 unspecified atom stereocenters. The predicted octanol–water partition coefficient (Wildman–Crippen LogP) is 2.78. The first-order valence-corrected chi connectivity index (χ1v) is 6.50. The largest absolute Gasteiger partial charge is 0.406 e. The van der Waals surface area contributed by atoms with E-state index in [1.807, 2.05) is 37.3 Å². The molecule has 1 aromatic carbocycles. The second kappa shape index (κ2) is 5.68. The van der Waals surface area contributed by atoms with Gasteiger partial charge in [0.15, 0.2) is 5.70 Å². The maximum atomic E-state index is 11.5. The topological polar surface area (TPSA) is 38.7 Å². The Bertz CT molecular complexity index is 466. The van der Waals surface area contributed by atoms with Gasteiger partial charge in [0.25, 0.3) is 0 Å². The molecule has 0 saturated carbocycles. The van der Waals surface area contributed by atoms with Crippen LogP contribution in [0.1, 0.15) is 12.5 Å². The molecule has 0 radical (unpaired) electrons. The average molecular weight is 247 g/mol. The zero-order valence-corrected chi connectivity index (χ0v) is 10.4. The van der Waals surface area contributed by atoms with Gasteiger partial charge < -0.3 is 4.74 Å². The van der Waals surface area contributed by atoms with Crippen LogP contribution in [0.5, 0.6) is 0 Å². The molecule has 3 nitrogen and oxygen atoms in total. The Morgan fingerprint density at radius 3 is 2.82 bits per heavy atom. The van der Waals surface area contributed by atoms with Crippen molar-refractivity contribution in [3.63, 3.8) is 0 Å². The Labute approximate surface area is 105 Å². The first-order chi connectivity index (χ1) is 8.29. The average Bonchev–Trinajstić information content (AvgIpc) is 2.68. The van der Waals surface area contributed by atoms with Crippen LogP contribution in [0.15, 0.2) is 46.4 Å². The Kier molecular flexibility index (Phi) is 3.98. The van der Waals surface area contributed by atoms with Crippen molar-refractivity contribution in [2.75, 3.05) is 5.75 Å². The molecule has 0 fully saturated rings. The summed E-state index contributed by atoms with van der Waals surface area (Å²) in [5.41, 5.74) is 1.49. The van der Waals surface area contributed by atoms with E-state index >= 15 is 0 Å². The van der Waals surface area contributed by atoms with E-state index in [0.29, 0.717) is 18.0 Å². The molecule has 88 valence electrons. The summed E-state index contributed by atoms with van der Waals surface area (Å²) in [6.07, 6.45) is 0.556. The van der Waals surface area contributed by atoms with Gasteiger partial charge in [0.1, 0.15) is 0 Å². The van der Waals surface area contributed by atoms with Gasteiger partial charge in [-0.05, 0) is 11.3 Å². The van der Waals surface area contributed by atoms with Gasteiger partial charge in [-0.2, -0.15) is 0 Å². The van der Waals surface area contributed by atoms with Crippen LogP contribution in [-0.4, -0.2) is 17.6 Å². The molecule has 0 N–H and O–H groups in total. The minimum atomic E-state index is -0.350. The lowest BCUT2D eigenvalue weighted by molar-refractivity contribution is -0.130. The summed E-state index contributed by atoms with van der Waals surface area (Å²) in [4.78, 5) is 15.6. The van der Waals surface area contributed by atoms with Crippen molar-refractivity contribution in [3.05, 3.63) is 47.0 Å². The lowest BCUT2D eigenvalue weighted by Gasteiger charge is -1.98. The number of nitrogens with zero attached hydrogens (tertiary/aromatic N) is 1. The van der Waals surface area contributed by atoms with Crippen molar-refractivity contribution in [1.82, 2.24) is 0 Å². The molecule has 0 amide bonds. The maximum Gasteiger partial charge on any atom is 0.364 e. The van der Waals surface area contributed by atoms with Gasteiger partial charge in [0.2, 0.25) is 5.90 Å². The lowest BCUT2D eigenvalue weighted by atomic mass is 10.1. The molecule has 1 aliphatic rings. The number of carbonyl (C=O) groups is 1. The van der Waals surface area contributed by atoms with E-state index in [1.54, 1.807) is 17.2 Å². The molecule has 0 aromatic heterocycles. The summed E-state index contributed by atoms with van der Waals surface area (Å²) in [6.45, 7) is 2.02. The summed E-state index contributed by atoms with van der Waals surface area (Å²) in [7, 11) is 0. The number of aliphatic imine (C=N–C) groups is 1. The van der Waals surface area contributed by atoms with Crippen LogP contribution in [0.3, 0.4) is 0 Å². The predicted molar refractivity (Wildman–Crippen MR) is 69.9 cm³/mol. The minimum Gasteiger partial charge on any atom is -0.406 e. The van der Waals surface area contributed by atoms with E-state index in [2.05, 4.69) is 4.99 Å². The number of esters is 1. The fourth-order valence-electron chi connectivity index (χ4n) is 1.44. The number of benzene rings is 1. The number of cyclic esters (lactones) is 1. The molecule has 1 aromatic rings. The monoisotopic (exact) mass is 247 g/mol. The highest BCUT2D eigenvalue weighted by molar-refractivity contribution is 8.02. The van der Waals surface area contributed by atoms with E-state index < -0.39 is 0 Å². The lowest BCUT2D eigenvalue weighted by Crippen LogP contribution is -2.06. The summed E-state index contributed by atoms with van der Waals surface area (Å²) in [5, 5.41) is 1.75. The van der Waals surface area contributed by atoms with Crippen LogP contribution in [0.4, 0.5) is 0 Å². The van der Waals surface area contributed by atoms with Gasteiger partial charge in [-0.25, -0.2) is 9.79 Å². The molecule has 0 saturated heterocycles. The van der Waals surface area contributed by atoms with Crippen molar-refractivity contribution >= 4 is 23.6 Å². The second-order valence-corrected chi connectivity index (χ2v) is 4.66. The van der Waals surface area contributed by atoms with Gasteiger partial charge in [-0.15, -0.1) is 11.8 Å². The number of carbonyl (C=O) groups excluding carboxylic acids is 1. The standard InChI is InChI=1S/C13H13NO2S/c1-2-17-9-11-13(15)16-12(14-11)8-10-6-4-3-5-7-10/h3-7,9H,2,8H2,1H3. The van der Waals surface area contributed by atoms with Gasteiger partial charge in [-0.1, -0.05) is 37.3 Å². The molecule has 1 aliphatic heterocycles. The fraction of sp³-hybridized carbons (Fsp3) is 0.231. The highest BCUT2D eigenvalue weighted by Gasteiger charge is 2.22. The smallest absolute Gasteiger partial charge is 0.364 e. The zero-order chi connectivity index (χ0) is 12.1. The number of rotatable bonds is 4. The van der Waals surface area contributed by atoms with E-state index in [1.165, 1.54) is 0 Å². The van der Waals surface area contributed by atoms with Crippen molar-refractivity contribution in [2.24, 2.45) is 4.99 Å². The highest BCUT2D eigenvalue weighted by Crippen LogP contribution is 2.17. The molecular formula is C13H13NO2S. The van der Waals surface area contributed by atoms with Gasteiger partial charge in [0, 0.05) is 11.8 Å². The quantitative estimate of drug-likeness (QED) is 0.606. The Morgan fingerprint density at radius 1 is 1.35 bits per heavy atom. The second-order valence-electron chi connectivity index (χ2n) is 3.52. The van der Waals surface area contributed by atoms with Gasteiger partial charge >= 0.3 is 5.97 Å².